The molecule has 3 aromatic heterocycles. The van der Waals surface area contributed by atoms with E-state index in [0.717, 1.165) is 32.1 Å². The van der Waals surface area contributed by atoms with E-state index in [1.807, 2.05) is 4.90 Å². The number of H-pyrrole nitrogens is 1. The lowest BCUT2D eigenvalue weighted by atomic mass is 10.1. The van der Waals surface area contributed by atoms with Gasteiger partial charge in [0.15, 0.2) is 5.65 Å². The number of aromatic amines is 1. The second kappa shape index (κ2) is 7.30. The molecule has 1 aliphatic heterocycles. The number of thioether (sulfide) groups is 1. The number of fused-ring (bicyclic) bond motifs is 2. The molecule has 0 atom stereocenters. The second-order valence-electron chi connectivity index (χ2n) is 8.44. The average Bonchev–Trinajstić information content (AvgIpc) is 3.69. The van der Waals surface area contributed by atoms with Gasteiger partial charge in [-0.25, -0.2) is 14.8 Å². The zero-order valence-corrected chi connectivity index (χ0v) is 18.4. The van der Waals surface area contributed by atoms with Gasteiger partial charge in [0.2, 0.25) is 5.91 Å². The molecule has 10 heteroatoms. The molecule has 160 valence electrons. The minimum absolute atomic E-state index is 0.0357. The number of hydrogen-bond acceptors (Lipinski definition) is 7. The van der Waals surface area contributed by atoms with Crippen LogP contribution in [-0.4, -0.2) is 42.6 Å². The van der Waals surface area contributed by atoms with Crippen LogP contribution in [0.25, 0.3) is 11.0 Å². The molecule has 0 aromatic carbocycles. The number of aromatic nitrogens is 4. The molecule has 3 aromatic rings. The third kappa shape index (κ3) is 3.51. The van der Waals surface area contributed by atoms with E-state index in [9.17, 15) is 14.4 Å². The monoisotopic (exact) mass is 455 g/mol. The molecule has 31 heavy (non-hydrogen) atoms. The summed E-state index contributed by atoms with van der Waals surface area (Å²) in [5.74, 6) is 1.20. The van der Waals surface area contributed by atoms with Gasteiger partial charge in [0.25, 0.3) is 5.56 Å². The largest absolute Gasteiger partial charge is 0.337 e. The first-order valence-corrected chi connectivity index (χ1v) is 12.5. The Morgan fingerprint density at radius 3 is 2.84 bits per heavy atom. The van der Waals surface area contributed by atoms with Gasteiger partial charge in [0.1, 0.15) is 16.2 Å². The lowest BCUT2D eigenvalue weighted by molar-refractivity contribution is -0.129. The van der Waals surface area contributed by atoms with Crippen molar-refractivity contribution in [1.82, 2.24) is 24.4 Å². The molecule has 0 radical (unpaired) electrons. The van der Waals surface area contributed by atoms with Crippen LogP contribution in [0.2, 0.25) is 0 Å². The molecule has 1 N–H and O–H groups in total. The summed E-state index contributed by atoms with van der Waals surface area (Å²) in [6, 6.07) is 2.17. The predicted octanol–water partition coefficient (Wildman–Crippen LogP) is 2.43. The van der Waals surface area contributed by atoms with Crippen LogP contribution in [-0.2, 0) is 17.8 Å². The van der Waals surface area contributed by atoms with Crippen molar-refractivity contribution in [2.24, 2.45) is 0 Å². The lowest BCUT2D eigenvalue weighted by Gasteiger charge is -2.27. The van der Waals surface area contributed by atoms with Crippen molar-refractivity contribution in [3.05, 3.63) is 48.5 Å². The van der Waals surface area contributed by atoms with Gasteiger partial charge in [-0.1, -0.05) is 11.8 Å². The van der Waals surface area contributed by atoms with E-state index >= 15 is 0 Å². The van der Waals surface area contributed by atoms with Crippen LogP contribution < -0.4 is 11.2 Å². The molecule has 2 saturated carbocycles. The molecule has 1 amide bonds. The zero-order valence-electron chi connectivity index (χ0n) is 16.8. The van der Waals surface area contributed by atoms with Crippen LogP contribution >= 0.6 is 23.1 Å². The Balaban J connectivity index is 1.33. The van der Waals surface area contributed by atoms with Crippen molar-refractivity contribution in [3.8, 4) is 0 Å². The number of thiophene rings is 1. The van der Waals surface area contributed by atoms with Crippen molar-refractivity contribution in [3.63, 3.8) is 0 Å². The summed E-state index contributed by atoms with van der Waals surface area (Å²) >= 11 is 3.03. The molecule has 6 rings (SSSR count). The van der Waals surface area contributed by atoms with Crippen LogP contribution in [0.15, 0.2) is 26.1 Å². The molecule has 2 fully saturated rings. The van der Waals surface area contributed by atoms with Crippen molar-refractivity contribution < 1.29 is 4.79 Å². The fourth-order valence-electron chi connectivity index (χ4n) is 4.12. The molecular formula is C21H21N5O3S2. The number of nitrogens with one attached hydrogen (secondary N) is 1. The summed E-state index contributed by atoms with van der Waals surface area (Å²) in [6.07, 6.45) is 4.73. The van der Waals surface area contributed by atoms with Gasteiger partial charge < -0.3 is 4.90 Å². The Bertz CT molecular complexity index is 1320. The topological polar surface area (TPSA) is 101 Å². The SMILES string of the molecule is O=C(CSc1nc(C2CC2)nc2c1c(=O)[nH]c(=O)n2C1CC1)N1CCc2sccc2C1. The van der Waals surface area contributed by atoms with Gasteiger partial charge in [-0.2, -0.15) is 0 Å². The molecule has 8 nitrogen and oxygen atoms in total. The van der Waals surface area contributed by atoms with Gasteiger partial charge in [0, 0.05) is 29.9 Å². The quantitative estimate of drug-likeness (QED) is 0.468. The maximum absolute atomic E-state index is 12.9. The van der Waals surface area contributed by atoms with E-state index in [-0.39, 0.29) is 23.6 Å². The maximum Gasteiger partial charge on any atom is 0.330 e. The molecule has 0 spiro atoms. The van der Waals surface area contributed by atoms with Crippen molar-refractivity contribution in [2.75, 3.05) is 12.3 Å². The van der Waals surface area contributed by atoms with E-state index in [2.05, 4.69) is 26.4 Å². The first-order valence-electron chi connectivity index (χ1n) is 10.6. The molecule has 0 bridgehead atoms. The molecule has 0 unspecified atom stereocenters. The van der Waals surface area contributed by atoms with Crippen molar-refractivity contribution in [2.45, 2.75) is 55.6 Å². The number of rotatable bonds is 5. The third-order valence-corrected chi connectivity index (χ3v) is 8.10. The molecule has 3 aliphatic rings. The van der Waals surface area contributed by atoms with E-state index in [0.29, 0.717) is 35.0 Å². The number of amides is 1. The van der Waals surface area contributed by atoms with E-state index in [4.69, 9.17) is 0 Å². The number of carbonyl (C=O) groups excluding carboxylic acids is 1. The zero-order chi connectivity index (χ0) is 21.1. The third-order valence-electron chi connectivity index (χ3n) is 6.12. The Morgan fingerprint density at radius 2 is 2.06 bits per heavy atom. The van der Waals surface area contributed by atoms with Crippen LogP contribution in [0.4, 0.5) is 0 Å². The first kappa shape index (κ1) is 19.2. The summed E-state index contributed by atoms with van der Waals surface area (Å²) in [6.45, 7) is 1.35. The molecule has 4 heterocycles. The van der Waals surface area contributed by atoms with E-state index in [1.165, 1.54) is 22.2 Å². The normalized spacial score (nSPS) is 18.4. The van der Waals surface area contributed by atoms with E-state index in [1.54, 1.807) is 15.9 Å². The summed E-state index contributed by atoms with van der Waals surface area (Å²) in [7, 11) is 0. The average molecular weight is 456 g/mol. The van der Waals surface area contributed by atoms with Crippen LogP contribution in [0, 0.1) is 0 Å². The highest BCUT2D eigenvalue weighted by atomic mass is 32.2. The molecule has 0 saturated heterocycles. The van der Waals surface area contributed by atoms with Gasteiger partial charge in [-0.15, -0.1) is 11.3 Å². The minimum Gasteiger partial charge on any atom is -0.337 e. The summed E-state index contributed by atoms with van der Waals surface area (Å²) < 4.78 is 1.61. The van der Waals surface area contributed by atoms with Crippen molar-refractivity contribution >= 4 is 40.0 Å². The Hall–Kier alpha value is -2.46. The van der Waals surface area contributed by atoms with Crippen LogP contribution in [0.3, 0.4) is 0 Å². The van der Waals surface area contributed by atoms with Gasteiger partial charge in [-0.05, 0) is 49.1 Å². The minimum atomic E-state index is -0.477. The summed E-state index contributed by atoms with van der Waals surface area (Å²) in [4.78, 5) is 53.1. The summed E-state index contributed by atoms with van der Waals surface area (Å²) in [5.41, 5.74) is 0.759. The second-order valence-corrected chi connectivity index (χ2v) is 10.4. The highest BCUT2D eigenvalue weighted by Crippen LogP contribution is 2.41. The fourth-order valence-corrected chi connectivity index (χ4v) is 5.94. The Labute approximate surface area is 185 Å². The predicted molar refractivity (Wildman–Crippen MR) is 119 cm³/mol. The lowest BCUT2D eigenvalue weighted by Crippen LogP contribution is -2.36. The smallest absolute Gasteiger partial charge is 0.330 e. The maximum atomic E-state index is 12.9. The Kier molecular flexibility index (Phi) is 4.53. The Morgan fingerprint density at radius 1 is 1.23 bits per heavy atom. The summed E-state index contributed by atoms with van der Waals surface area (Å²) in [5, 5.41) is 2.91. The van der Waals surface area contributed by atoms with Gasteiger partial charge in [0.05, 0.1) is 5.75 Å². The highest BCUT2D eigenvalue weighted by Gasteiger charge is 2.32. The van der Waals surface area contributed by atoms with Crippen LogP contribution in [0.5, 0.6) is 0 Å². The highest BCUT2D eigenvalue weighted by molar-refractivity contribution is 8.00. The van der Waals surface area contributed by atoms with Crippen LogP contribution in [0.1, 0.15) is 53.9 Å². The standard InChI is InChI=1S/C21H21N5O3S2/c27-15(25-7-5-14-12(9-25)6-8-30-14)10-31-20-16-18(22-17(23-20)11-1-2-11)26(13-3-4-13)21(29)24-19(16)28/h6,8,11,13H,1-5,7,9-10H2,(H,24,28,29). The van der Waals surface area contributed by atoms with Crippen molar-refractivity contribution in [1.29, 1.82) is 0 Å². The number of nitrogens with zero attached hydrogens (tertiary/aromatic N) is 4. The van der Waals surface area contributed by atoms with Gasteiger partial charge in [-0.3, -0.25) is 19.1 Å². The van der Waals surface area contributed by atoms with Gasteiger partial charge >= 0.3 is 5.69 Å². The van der Waals surface area contributed by atoms with E-state index < -0.39 is 11.2 Å². The number of hydrogen-bond donors (Lipinski definition) is 1. The fraction of sp³-hybridized carbons (Fsp3) is 0.476. The first-order chi connectivity index (χ1) is 15.1. The molecule has 2 aliphatic carbocycles. The number of carbonyl (C=O) groups is 1. The molecular weight excluding hydrogens is 434 g/mol.